The van der Waals surface area contributed by atoms with Gasteiger partial charge in [-0.05, 0) is 32.6 Å². The van der Waals surface area contributed by atoms with E-state index in [2.05, 4.69) is 31.1 Å². The first-order valence-corrected chi connectivity index (χ1v) is 6.98. The molecule has 4 heteroatoms. The molecule has 4 unspecified atom stereocenters. The van der Waals surface area contributed by atoms with Crippen LogP contribution in [0.2, 0.25) is 0 Å². The smallest absolute Gasteiger partial charge is 0.208 e. The highest BCUT2D eigenvalue weighted by Crippen LogP contribution is 2.39. The van der Waals surface area contributed by atoms with Crippen molar-refractivity contribution >= 4 is 0 Å². The SMILES string of the molecule is CC1OC(C)C(c2cnc(CNC3CC3)o2)C1C. The van der Waals surface area contributed by atoms with Crippen molar-refractivity contribution < 1.29 is 9.15 Å². The number of hydrogen-bond donors (Lipinski definition) is 1. The van der Waals surface area contributed by atoms with Crippen molar-refractivity contribution in [3.8, 4) is 0 Å². The first-order chi connectivity index (χ1) is 8.65. The molecule has 18 heavy (non-hydrogen) atoms. The van der Waals surface area contributed by atoms with Gasteiger partial charge in [-0.1, -0.05) is 6.92 Å². The van der Waals surface area contributed by atoms with Crippen molar-refractivity contribution in [2.75, 3.05) is 0 Å². The van der Waals surface area contributed by atoms with Crippen LogP contribution >= 0.6 is 0 Å². The van der Waals surface area contributed by atoms with Crippen molar-refractivity contribution in [3.63, 3.8) is 0 Å². The van der Waals surface area contributed by atoms with E-state index < -0.39 is 0 Å². The fourth-order valence-corrected chi connectivity index (χ4v) is 2.84. The van der Waals surface area contributed by atoms with Crippen LogP contribution in [0.3, 0.4) is 0 Å². The molecule has 4 nitrogen and oxygen atoms in total. The fourth-order valence-electron chi connectivity index (χ4n) is 2.84. The summed E-state index contributed by atoms with van der Waals surface area (Å²) in [5, 5.41) is 3.42. The first kappa shape index (κ1) is 12.2. The number of aromatic nitrogens is 1. The average Bonchev–Trinajstić information content (AvgIpc) is 2.99. The van der Waals surface area contributed by atoms with E-state index in [-0.39, 0.29) is 6.10 Å². The molecule has 0 bridgehead atoms. The van der Waals surface area contributed by atoms with Gasteiger partial charge in [-0.2, -0.15) is 0 Å². The Morgan fingerprint density at radius 3 is 2.67 bits per heavy atom. The Labute approximate surface area is 108 Å². The molecule has 1 aliphatic heterocycles. The van der Waals surface area contributed by atoms with E-state index in [1.54, 1.807) is 0 Å². The van der Waals surface area contributed by atoms with E-state index in [0.29, 0.717) is 24.0 Å². The van der Waals surface area contributed by atoms with Crippen LogP contribution in [0, 0.1) is 5.92 Å². The summed E-state index contributed by atoms with van der Waals surface area (Å²) in [6.07, 6.45) is 4.96. The highest BCUT2D eigenvalue weighted by Gasteiger charge is 2.40. The Bertz CT molecular complexity index is 414. The first-order valence-electron chi connectivity index (χ1n) is 6.98. The van der Waals surface area contributed by atoms with E-state index in [1.165, 1.54) is 12.8 Å². The summed E-state index contributed by atoms with van der Waals surface area (Å²) >= 11 is 0. The van der Waals surface area contributed by atoms with Crippen molar-refractivity contribution in [1.82, 2.24) is 10.3 Å². The average molecular weight is 250 g/mol. The van der Waals surface area contributed by atoms with Gasteiger partial charge in [0.2, 0.25) is 5.89 Å². The summed E-state index contributed by atoms with van der Waals surface area (Å²) in [5.41, 5.74) is 0. The predicted molar refractivity (Wildman–Crippen MR) is 68.3 cm³/mol. The van der Waals surface area contributed by atoms with Crippen molar-refractivity contribution in [2.24, 2.45) is 5.92 Å². The topological polar surface area (TPSA) is 47.3 Å². The third-order valence-electron chi connectivity index (χ3n) is 4.26. The van der Waals surface area contributed by atoms with Crippen LogP contribution in [-0.2, 0) is 11.3 Å². The van der Waals surface area contributed by atoms with Gasteiger partial charge in [0.25, 0.3) is 0 Å². The largest absolute Gasteiger partial charge is 0.444 e. The molecule has 0 aromatic carbocycles. The zero-order chi connectivity index (χ0) is 12.7. The zero-order valence-electron chi connectivity index (χ0n) is 11.3. The lowest BCUT2D eigenvalue weighted by atomic mass is 9.88. The third-order valence-corrected chi connectivity index (χ3v) is 4.26. The molecule has 1 saturated carbocycles. The summed E-state index contributed by atoms with van der Waals surface area (Å²) in [5.74, 6) is 2.60. The number of ether oxygens (including phenoxy) is 1. The summed E-state index contributed by atoms with van der Waals surface area (Å²) in [4.78, 5) is 4.37. The molecule has 3 rings (SSSR count). The monoisotopic (exact) mass is 250 g/mol. The van der Waals surface area contributed by atoms with Crippen LogP contribution in [0.4, 0.5) is 0 Å². The fraction of sp³-hybridized carbons (Fsp3) is 0.786. The maximum absolute atomic E-state index is 5.88. The van der Waals surface area contributed by atoms with E-state index in [0.717, 1.165) is 18.2 Å². The van der Waals surface area contributed by atoms with Crippen molar-refractivity contribution in [1.29, 1.82) is 0 Å². The van der Waals surface area contributed by atoms with Gasteiger partial charge in [0.05, 0.1) is 24.9 Å². The second-order valence-electron chi connectivity index (χ2n) is 5.74. The van der Waals surface area contributed by atoms with Gasteiger partial charge in [-0.25, -0.2) is 4.98 Å². The van der Waals surface area contributed by atoms with Gasteiger partial charge in [0, 0.05) is 12.0 Å². The van der Waals surface area contributed by atoms with Crippen molar-refractivity contribution in [2.45, 2.75) is 64.3 Å². The van der Waals surface area contributed by atoms with Gasteiger partial charge in [-0.15, -0.1) is 0 Å². The normalized spacial score (nSPS) is 36.2. The molecule has 1 saturated heterocycles. The second-order valence-corrected chi connectivity index (χ2v) is 5.74. The minimum atomic E-state index is 0.215. The molecular formula is C14H22N2O2. The number of nitrogens with zero attached hydrogens (tertiary/aromatic N) is 1. The Morgan fingerprint density at radius 2 is 2.06 bits per heavy atom. The van der Waals surface area contributed by atoms with Gasteiger partial charge in [-0.3, -0.25) is 0 Å². The molecule has 100 valence electrons. The van der Waals surface area contributed by atoms with Gasteiger partial charge >= 0.3 is 0 Å². The van der Waals surface area contributed by atoms with Crippen LogP contribution in [0.15, 0.2) is 10.6 Å². The molecule has 2 aliphatic rings. The van der Waals surface area contributed by atoms with E-state index in [1.807, 2.05) is 6.20 Å². The molecule has 0 radical (unpaired) electrons. The maximum Gasteiger partial charge on any atom is 0.208 e. The predicted octanol–water partition coefficient (Wildman–Crippen LogP) is 2.45. The lowest BCUT2D eigenvalue weighted by molar-refractivity contribution is 0.0547. The van der Waals surface area contributed by atoms with Crippen LogP contribution in [0.1, 0.15) is 51.2 Å². The standard InChI is InChI=1S/C14H22N2O2/c1-8-9(2)17-10(3)14(8)12-6-16-13(18-12)7-15-11-4-5-11/h6,8-11,14-15H,4-5,7H2,1-3H3. The molecule has 1 aromatic heterocycles. The third kappa shape index (κ3) is 2.31. The number of oxazole rings is 1. The Balaban J connectivity index is 1.67. The molecule has 1 N–H and O–H groups in total. The second kappa shape index (κ2) is 4.67. The summed E-state index contributed by atoms with van der Waals surface area (Å²) in [6, 6.07) is 0.688. The number of hydrogen-bond acceptors (Lipinski definition) is 4. The summed E-state index contributed by atoms with van der Waals surface area (Å²) < 4.78 is 11.7. The molecule has 2 heterocycles. The highest BCUT2D eigenvalue weighted by molar-refractivity contribution is 5.09. The van der Waals surface area contributed by atoms with Gasteiger partial charge in [0.1, 0.15) is 5.76 Å². The van der Waals surface area contributed by atoms with Crippen molar-refractivity contribution in [3.05, 3.63) is 17.8 Å². The number of rotatable bonds is 4. The van der Waals surface area contributed by atoms with Crippen LogP contribution in [-0.4, -0.2) is 23.2 Å². The molecule has 0 spiro atoms. The Hall–Kier alpha value is -0.870. The quantitative estimate of drug-likeness (QED) is 0.891. The summed E-state index contributed by atoms with van der Waals surface area (Å²) in [7, 11) is 0. The molecule has 1 aliphatic carbocycles. The molecular weight excluding hydrogens is 228 g/mol. The number of nitrogens with one attached hydrogen (secondary N) is 1. The van der Waals surface area contributed by atoms with Crippen LogP contribution < -0.4 is 5.32 Å². The lowest BCUT2D eigenvalue weighted by Crippen LogP contribution is -2.16. The molecule has 0 amide bonds. The zero-order valence-corrected chi connectivity index (χ0v) is 11.3. The van der Waals surface area contributed by atoms with Gasteiger partial charge in [0.15, 0.2) is 0 Å². The minimum absolute atomic E-state index is 0.215. The highest BCUT2D eigenvalue weighted by atomic mass is 16.5. The lowest BCUT2D eigenvalue weighted by Gasteiger charge is -2.14. The molecule has 2 fully saturated rings. The Morgan fingerprint density at radius 1 is 1.28 bits per heavy atom. The van der Waals surface area contributed by atoms with Crippen LogP contribution in [0.25, 0.3) is 0 Å². The molecule has 4 atom stereocenters. The van der Waals surface area contributed by atoms with Gasteiger partial charge < -0.3 is 14.5 Å². The molecule has 1 aromatic rings. The van der Waals surface area contributed by atoms with Crippen LogP contribution in [0.5, 0.6) is 0 Å². The maximum atomic E-state index is 5.88. The Kier molecular flexibility index (Phi) is 3.16. The van der Waals surface area contributed by atoms with E-state index in [9.17, 15) is 0 Å². The van der Waals surface area contributed by atoms with E-state index in [4.69, 9.17) is 9.15 Å². The minimum Gasteiger partial charge on any atom is -0.444 e. The summed E-state index contributed by atoms with van der Waals surface area (Å²) in [6.45, 7) is 7.22. The van der Waals surface area contributed by atoms with E-state index >= 15 is 0 Å².